The number of carboxylic acids is 1. The molecule has 0 aliphatic carbocycles. The fourth-order valence-corrected chi connectivity index (χ4v) is 2.09. The molecule has 0 bridgehead atoms. The van der Waals surface area contributed by atoms with E-state index in [1.165, 1.54) is 18.2 Å². The van der Waals surface area contributed by atoms with Gasteiger partial charge in [0, 0.05) is 4.47 Å². The highest BCUT2D eigenvalue weighted by Crippen LogP contribution is 2.23. The van der Waals surface area contributed by atoms with Crippen LogP contribution in [0.3, 0.4) is 0 Å². The third-order valence-electron chi connectivity index (χ3n) is 2.26. The van der Waals surface area contributed by atoms with Crippen molar-refractivity contribution in [1.82, 2.24) is 0 Å². The van der Waals surface area contributed by atoms with E-state index in [1.54, 1.807) is 12.1 Å². The number of carbonyl (C=O) groups is 2. The zero-order chi connectivity index (χ0) is 14.0. The summed E-state index contributed by atoms with van der Waals surface area (Å²) in [5, 5.41) is 11.5. The van der Waals surface area contributed by atoms with Gasteiger partial charge in [-0.3, -0.25) is 4.79 Å². The summed E-state index contributed by atoms with van der Waals surface area (Å²) in [5.41, 5.74) is 0.196. The molecule has 1 aromatic carbocycles. The van der Waals surface area contributed by atoms with Crippen LogP contribution in [-0.4, -0.2) is 17.0 Å². The normalized spacial score (nSPS) is 10.2. The lowest BCUT2D eigenvalue weighted by Gasteiger charge is -2.07. The van der Waals surface area contributed by atoms with Gasteiger partial charge >= 0.3 is 5.97 Å². The van der Waals surface area contributed by atoms with Gasteiger partial charge in [0.05, 0.1) is 11.3 Å². The Hall–Kier alpha value is -1.60. The topological polar surface area (TPSA) is 79.5 Å². The number of amides is 1. The van der Waals surface area contributed by atoms with Crippen LogP contribution in [0.5, 0.6) is 0 Å². The summed E-state index contributed by atoms with van der Waals surface area (Å²) >= 11 is 6.31. The van der Waals surface area contributed by atoms with Crippen LogP contribution >= 0.6 is 31.9 Å². The fraction of sp³-hybridized carbons (Fsp3) is 0. The summed E-state index contributed by atoms with van der Waals surface area (Å²) in [4.78, 5) is 22.9. The van der Waals surface area contributed by atoms with Gasteiger partial charge < -0.3 is 14.8 Å². The number of aromatic carboxylic acids is 1. The summed E-state index contributed by atoms with van der Waals surface area (Å²) < 4.78 is 6.18. The third-order valence-corrected chi connectivity index (χ3v) is 3.18. The van der Waals surface area contributed by atoms with Crippen LogP contribution in [-0.2, 0) is 0 Å². The predicted molar refractivity (Wildman–Crippen MR) is 75.5 cm³/mol. The van der Waals surface area contributed by atoms with E-state index in [0.29, 0.717) is 9.14 Å². The summed E-state index contributed by atoms with van der Waals surface area (Å²) in [6, 6.07) is 7.56. The van der Waals surface area contributed by atoms with Crippen molar-refractivity contribution in [3.63, 3.8) is 0 Å². The lowest BCUT2D eigenvalue weighted by Crippen LogP contribution is -2.14. The van der Waals surface area contributed by atoms with E-state index in [0.717, 1.165) is 0 Å². The van der Waals surface area contributed by atoms with Crippen molar-refractivity contribution in [2.75, 3.05) is 5.32 Å². The van der Waals surface area contributed by atoms with E-state index in [2.05, 4.69) is 37.2 Å². The summed E-state index contributed by atoms with van der Waals surface area (Å²) in [5.74, 6) is -1.56. The van der Waals surface area contributed by atoms with E-state index in [-0.39, 0.29) is 17.0 Å². The van der Waals surface area contributed by atoms with Gasteiger partial charge in [0.1, 0.15) is 0 Å². The minimum Gasteiger partial charge on any atom is -0.478 e. The first-order chi connectivity index (χ1) is 8.97. The first-order valence-corrected chi connectivity index (χ1v) is 6.65. The maximum absolute atomic E-state index is 11.9. The fourth-order valence-electron chi connectivity index (χ4n) is 1.43. The van der Waals surface area contributed by atoms with Crippen LogP contribution in [0.1, 0.15) is 20.9 Å². The molecule has 0 radical (unpaired) electrons. The standard InChI is InChI=1S/C12H7Br2NO4/c13-6-1-2-7(12(17)18)8(5-6)15-11(16)9-3-4-10(14)19-9/h1-5H,(H,15,16)(H,17,18). The molecular formula is C12H7Br2NO4. The van der Waals surface area contributed by atoms with Gasteiger partial charge in [0.15, 0.2) is 10.4 Å². The van der Waals surface area contributed by atoms with Gasteiger partial charge in [-0.25, -0.2) is 4.79 Å². The van der Waals surface area contributed by atoms with Crippen LogP contribution in [0.25, 0.3) is 0 Å². The van der Waals surface area contributed by atoms with Gasteiger partial charge in [-0.15, -0.1) is 0 Å². The first-order valence-electron chi connectivity index (χ1n) is 5.07. The number of carboxylic acid groups (broad SMARTS) is 1. The van der Waals surface area contributed by atoms with Gasteiger partial charge in [-0.1, -0.05) is 15.9 Å². The SMILES string of the molecule is O=C(Nc1cc(Br)ccc1C(=O)O)c1ccc(Br)o1. The van der Waals surface area contributed by atoms with Crippen molar-refractivity contribution >= 4 is 49.4 Å². The quantitative estimate of drug-likeness (QED) is 0.838. The lowest BCUT2D eigenvalue weighted by atomic mass is 10.2. The number of anilines is 1. The number of nitrogens with one attached hydrogen (secondary N) is 1. The van der Waals surface area contributed by atoms with Crippen molar-refractivity contribution < 1.29 is 19.1 Å². The molecule has 98 valence electrons. The summed E-state index contributed by atoms with van der Waals surface area (Å²) in [6.45, 7) is 0. The first kappa shape index (κ1) is 13.8. The van der Waals surface area contributed by atoms with Gasteiger partial charge in [0.2, 0.25) is 0 Å². The molecule has 1 heterocycles. The van der Waals surface area contributed by atoms with E-state index in [1.807, 2.05) is 0 Å². The van der Waals surface area contributed by atoms with Crippen LogP contribution in [0.2, 0.25) is 0 Å². The molecule has 0 fully saturated rings. The van der Waals surface area contributed by atoms with Crippen LogP contribution in [0.15, 0.2) is 43.9 Å². The largest absolute Gasteiger partial charge is 0.478 e. The second-order valence-electron chi connectivity index (χ2n) is 3.55. The Morgan fingerprint density at radius 3 is 2.47 bits per heavy atom. The van der Waals surface area contributed by atoms with Crippen molar-refractivity contribution in [2.24, 2.45) is 0 Å². The molecule has 2 N–H and O–H groups in total. The molecule has 0 aliphatic heterocycles. The number of carbonyl (C=O) groups excluding carboxylic acids is 1. The van der Waals surface area contributed by atoms with Crippen molar-refractivity contribution in [3.8, 4) is 0 Å². The maximum Gasteiger partial charge on any atom is 0.337 e. The molecule has 2 rings (SSSR count). The third kappa shape index (κ3) is 3.24. The van der Waals surface area contributed by atoms with E-state index in [9.17, 15) is 9.59 Å². The summed E-state index contributed by atoms with van der Waals surface area (Å²) in [6.07, 6.45) is 0. The maximum atomic E-state index is 11.9. The molecule has 2 aromatic rings. The molecule has 5 nitrogen and oxygen atoms in total. The average Bonchev–Trinajstić information content (AvgIpc) is 2.75. The lowest BCUT2D eigenvalue weighted by molar-refractivity contribution is 0.0698. The van der Waals surface area contributed by atoms with Crippen molar-refractivity contribution in [3.05, 3.63) is 50.8 Å². The van der Waals surface area contributed by atoms with Crippen molar-refractivity contribution in [1.29, 1.82) is 0 Å². The van der Waals surface area contributed by atoms with Crippen LogP contribution in [0, 0.1) is 0 Å². The van der Waals surface area contributed by atoms with Gasteiger partial charge in [-0.05, 0) is 46.3 Å². The number of hydrogen-bond acceptors (Lipinski definition) is 3. The number of hydrogen-bond donors (Lipinski definition) is 2. The minimum atomic E-state index is -1.12. The number of benzene rings is 1. The van der Waals surface area contributed by atoms with Crippen molar-refractivity contribution in [2.45, 2.75) is 0 Å². The van der Waals surface area contributed by atoms with Crippen LogP contribution < -0.4 is 5.32 Å². The monoisotopic (exact) mass is 387 g/mol. The summed E-state index contributed by atoms with van der Waals surface area (Å²) in [7, 11) is 0. The number of rotatable bonds is 3. The molecule has 19 heavy (non-hydrogen) atoms. The Kier molecular flexibility index (Phi) is 4.06. The van der Waals surface area contributed by atoms with Gasteiger partial charge in [0.25, 0.3) is 5.91 Å². The molecule has 0 saturated carbocycles. The highest BCUT2D eigenvalue weighted by Gasteiger charge is 2.16. The molecule has 1 amide bonds. The van der Waals surface area contributed by atoms with Gasteiger partial charge in [-0.2, -0.15) is 0 Å². The Balaban J connectivity index is 2.30. The molecular weight excluding hydrogens is 382 g/mol. The smallest absolute Gasteiger partial charge is 0.337 e. The molecule has 0 saturated heterocycles. The van der Waals surface area contributed by atoms with E-state index in [4.69, 9.17) is 9.52 Å². The minimum absolute atomic E-state index is 0.00201. The molecule has 1 aromatic heterocycles. The molecule has 0 atom stereocenters. The predicted octanol–water partition coefficient (Wildman–Crippen LogP) is 3.76. The second kappa shape index (κ2) is 5.58. The Morgan fingerprint density at radius 2 is 1.89 bits per heavy atom. The molecule has 7 heteroatoms. The number of halogens is 2. The Labute approximate surface area is 124 Å². The zero-order valence-corrected chi connectivity index (χ0v) is 12.5. The highest BCUT2D eigenvalue weighted by molar-refractivity contribution is 9.10. The Morgan fingerprint density at radius 1 is 1.16 bits per heavy atom. The second-order valence-corrected chi connectivity index (χ2v) is 5.25. The zero-order valence-electron chi connectivity index (χ0n) is 9.31. The van der Waals surface area contributed by atoms with E-state index < -0.39 is 11.9 Å². The Bertz CT molecular complexity index is 651. The molecule has 0 unspecified atom stereocenters. The van der Waals surface area contributed by atoms with E-state index >= 15 is 0 Å². The molecule has 0 aliphatic rings. The highest BCUT2D eigenvalue weighted by atomic mass is 79.9. The average molecular weight is 389 g/mol. The van der Waals surface area contributed by atoms with Crippen LogP contribution in [0.4, 0.5) is 5.69 Å². The molecule has 0 spiro atoms. The number of furan rings is 1.